The zero-order valence-electron chi connectivity index (χ0n) is 30.8. The highest BCUT2D eigenvalue weighted by atomic mass is 15.1. The molecule has 0 fully saturated rings. The zero-order chi connectivity index (χ0) is 37.5. The van der Waals surface area contributed by atoms with E-state index in [0.29, 0.717) is 5.82 Å². The smallest absolute Gasteiger partial charge is 0.162 e. The highest BCUT2D eigenvalue weighted by Gasteiger charge is 2.22. The number of hydrogen-bond acceptors (Lipinski definition) is 2. The lowest BCUT2D eigenvalue weighted by atomic mass is 10.0. The Hall–Kier alpha value is -7.76. The summed E-state index contributed by atoms with van der Waals surface area (Å²) in [5, 5.41) is 7.00. The van der Waals surface area contributed by atoms with Gasteiger partial charge in [0.2, 0.25) is 0 Å². The summed E-state index contributed by atoms with van der Waals surface area (Å²) in [7, 11) is 0. The van der Waals surface area contributed by atoms with Crippen LogP contribution in [0.5, 0.6) is 0 Å². The predicted molar refractivity (Wildman–Crippen MR) is 236 cm³/mol. The quantitative estimate of drug-likeness (QED) is 0.177. The second kappa shape index (κ2) is 12.4. The Labute approximate surface area is 328 Å². The number of nitrogens with zero attached hydrogens (tertiary/aromatic N) is 5. The lowest BCUT2D eigenvalue weighted by Gasteiger charge is -2.12. The van der Waals surface area contributed by atoms with E-state index in [-0.39, 0.29) is 0 Å². The minimum Gasteiger partial charge on any atom is -0.309 e. The number of rotatable bonds is 5. The van der Waals surface area contributed by atoms with Crippen molar-refractivity contribution in [3.63, 3.8) is 0 Å². The molecule has 0 aliphatic carbocycles. The van der Waals surface area contributed by atoms with Crippen LogP contribution in [0.4, 0.5) is 0 Å². The van der Waals surface area contributed by atoms with Crippen molar-refractivity contribution in [2.45, 2.75) is 0 Å². The fourth-order valence-corrected chi connectivity index (χ4v) is 8.97. The standard InChI is InChI=1S/C52H33N5/c1-3-15-36(16-4-1)55-46-25-13-9-21-41(46)43-33-35(29-32-48(43)55)51-53-50(49-42-22-10-14-26-47(42)57(52(49)54-51)37-17-5-2-6-18-37)34-27-30-38(31-28-34)56-44-23-11-7-19-39(44)40-20-8-12-24-45(40)56/h1-33H. The summed E-state index contributed by atoms with van der Waals surface area (Å²) in [5.74, 6) is 0.683. The Morgan fingerprint density at radius 2 is 0.719 bits per heavy atom. The molecule has 0 unspecified atom stereocenters. The van der Waals surface area contributed by atoms with Gasteiger partial charge in [-0.3, -0.25) is 4.57 Å². The average molecular weight is 728 g/mol. The van der Waals surface area contributed by atoms with E-state index in [1.54, 1.807) is 0 Å². The average Bonchev–Trinajstić information content (AvgIpc) is 3.92. The van der Waals surface area contributed by atoms with Gasteiger partial charge in [-0.2, -0.15) is 0 Å². The molecule has 0 spiro atoms. The summed E-state index contributed by atoms with van der Waals surface area (Å²) in [6.07, 6.45) is 0. The van der Waals surface area contributed by atoms with Crippen LogP contribution in [0, 0.1) is 0 Å². The lowest BCUT2D eigenvalue weighted by Crippen LogP contribution is -2.00. The van der Waals surface area contributed by atoms with E-state index in [1.807, 2.05) is 0 Å². The van der Waals surface area contributed by atoms with Gasteiger partial charge in [0.25, 0.3) is 0 Å². The third kappa shape index (κ3) is 4.76. The van der Waals surface area contributed by atoms with Crippen LogP contribution in [0.1, 0.15) is 0 Å². The fourth-order valence-electron chi connectivity index (χ4n) is 8.97. The molecule has 4 aromatic heterocycles. The van der Waals surface area contributed by atoms with Crippen molar-refractivity contribution in [1.82, 2.24) is 23.7 Å². The van der Waals surface area contributed by atoms with Crippen molar-refractivity contribution in [1.29, 1.82) is 0 Å². The number of fused-ring (bicyclic) bond motifs is 9. The van der Waals surface area contributed by atoms with Gasteiger partial charge < -0.3 is 9.13 Å². The SMILES string of the molecule is c1ccc(-n2c3ccccc3c3cc(-c4nc(-c5ccc(-n6c7ccccc7c7ccccc76)cc5)c5c6ccccc6n(-c6ccccc6)c5n4)ccc32)cc1. The molecule has 0 bridgehead atoms. The summed E-state index contributed by atoms with van der Waals surface area (Å²) in [6.45, 7) is 0. The molecule has 12 aromatic rings. The first kappa shape index (κ1) is 31.6. The van der Waals surface area contributed by atoms with Crippen molar-refractivity contribution in [2.75, 3.05) is 0 Å². The molecule has 5 heteroatoms. The van der Waals surface area contributed by atoms with Gasteiger partial charge in [-0.05, 0) is 78.9 Å². The normalized spacial score (nSPS) is 11.9. The molecular weight excluding hydrogens is 695 g/mol. The maximum Gasteiger partial charge on any atom is 0.162 e. The monoisotopic (exact) mass is 727 g/mol. The zero-order valence-corrected chi connectivity index (χ0v) is 30.8. The van der Waals surface area contributed by atoms with E-state index in [1.165, 1.54) is 32.7 Å². The topological polar surface area (TPSA) is 40.6 Å². The van der Waals surface area contributed by atoms with Crippen molar-refractivity contribution < 1.29 is 0 Å². The van der Waals surface area contributed by atoms with Crippen LogP contribution < -0.4 is 0 Å². The fraction of sp³-hybridized carbons (Fsp3) is 0. The molecule has 266 valence electrons. The largest absolute Gasteiger partial charge is 0.309 e. The van der Waals surface area contributed by atoms with Crippen molar-refractivity contribution in [2.24, 2.45) is 0 Å². The Morgan fingerprint density at radius 3 is 1.30 bits per heavy atom. The van der Waals surface area contributed by atoms with Gasteiger partial charge in [-0.25, -0.2) is 9.97 Å². The molecule has 12 rings (SSSR count). The first-order valence-corrected chi connectivity index (χ1v) is 19.3. The minimum atomic E-state index is 0.683. The van der Waals surface area contributed by atoms with Crippen LogP contribution in [-0.4, -0.2) is 23.7 Å². The molecule has 0 radical (unpaired) electrons. The molecule has 0 saturated heterocycles. The molecule has 0 amide bonds. The van der Waals surface area contributed by atoms with Gasteiger partial charge in [-0.1, -0.05) is 121 Å². The van der Waals surface area contributed by atoms with Crippen LogP contribution in [0.15, 0.2) is 200 Å². The van der Waals surface area contributed by atoms with E-state index >= 15 is 0 Å². The number of aromatic nitrogens is 5. The lowest BCUT2D eigenvalue weighted by molar-refractivity contribution is 1.11. The molecule has 0 N–H and O–H groups in total. The van der Waals surface area contributed by atoms with Gasteiger partial charge in [0.05, 0.1) is 38.7 Å². The van der Waals surface area contributed by atoms with Crippen molar-refractivity contribution in [3.8, 4) is 39.7 Å². The van der Waals surface area contributed by atoms with Gasteiger partial charge >= 0.3 is 0 Å². The number of benzene rings is 8. The minimum absolute atomic E-state index is 0.683. The molecule has 57 heavy (non-hydrogen) atoms. The Bertz CT molecular complexity index is 3450. The molecule has 8 aromatic carbocycles. The van der Waals surface area contributed by atoms with E-state index in [4.69, 9.17) is 9.97 Å². The maximum absolute atomic E-state index is 5.50. The van der Waals surface area contributed by atoms with Gasteiger partial charge in [0.1, 0.15) is 5.65 Å². The van der Waals surface area contributed by atoms with Crippen LogP contribution in [0.25, 0.3) is 105 Å². The first-order valence-electron chi connectivity index (χ1n) is 19.3. The summed E-state index contributed by atoms with van der Waals surface area (Å²) < 4.78 is 6.99. The van der Waals surface area contributed by atoms with E-state index < -0.39 is 0 Å². The van der Waals surface area contributed by atoms with Crippen LogP contribution in [0.3, 0.4) is 0 Å². The van der Waals surface area contributed by atoms with E-state index in [2.05, 4.69) is 214 Å². The van der Waals surface area contributed by atoms with Crippen molar-refractivity contribution >= 4 is 65.5 Å². The Morgan fingerprint density at radius 1 is 0.298 bits per heavy atom. The van der Waals surface area contributed by atoms with Gasteiger partial charge in [0, 0.05) is 55.1 Å². The van der Waals surface area contributed by atoms with Crippen molar-refractivity contribution in [3.05, 3.63) is 200 Å². The van der Waals surface area contributed by atoms with Gasteiger partial charge in [-0.15, -0.1) is 0 Å². The third-order valence-electron chi connectivity index (χ3n) is 11.5. The molecular formula is C52H33N5. The molecule has 4 heterocycles. The number of para-hydroxylation sites is 6. The summed E-state index contributed by atoms with van der Waals surface area (Å²) in [6, 6.07) is 71.2. The molecule has 0 aliphatic rings. The highest BCUT2D eigenvalue weighted by Crippen LogP contribution is 2.40. The van der Waals surface area contributed by atoms with Crippen LogP contribution in [0.2, 0.25) is 0 Å². The Kier molecular flexibility index (Phi) is 6.86. The first-order chi connectivity index (χ1) is 28.3. The molecule has 0 atom stereocenters. The summed E-state index contributed by atoms with van der Waals surface area (Å²) >= 11 is 0. The van der Waals surface area contributed by atoms with E-state index in [0.717, 1.165) is 66.7 Å². The highest BCUT2D eigenvalue weighted by molar-refractivity contribution is 6.15. The maximum atomic E-state index is 5.50. The summed E-state index contributed by atoms with van der Waals surface area (Å²) in [5.41, 5.74) is 12.9. The third-order valence-corrected chi connectivity index (χ3v) is 11.5. The molecule has 0 aliphatic heterocycles. The van der Waals surface area contributed by atoms with Gasteiger partial charge in [0.15, 0.2) is 5.82 Å². The molecule has 5 nitrogen and oxygen atoms in total. The number of hydrogen-bond donors (Lipinski definition) is 0. The molecule has 0 saturated carbocycles. The van der Waals surface area contributed by atoms with Crippen LogP contribution >= 0.6 is 0 Å². The second-order valence-electron chi connectivity index (χ2n) is 14.6. The van der Waals surface area contributed by atoms with E-state index in [9.17, 15) is 0 Å². The van der Waals surface area contributed by atoms with Crippen LogP contribution in [-0.2, 0) is 0 Å². The second-order valence-corrected chi connectivity index (χ2v) is 14.6. The Balaban J connectivity index is 1.11. The predicted octanol–water partition coefficient (Wildman–Crippen LogP) is 13.1. The summed E-state index contributed by atoms with van der Waals surface area (Å²) in [4.78, 5) is 11.0.